The Kier molecular flexibility index (Phi) is 3.48. The first kappa shape index (κ1) is 12.0. The summed E-state index contributed by atoms with van der Waals surface area (Å²) < 4.78 is 22.2. The molecule has 0 aliphatic heterocycles. The Hall–Kier alpha value is -1.04. The van der Waals surface area contributed by atoms with Crippen LogP contribution < -0.4 is 11.5 Å². The van der Waals surface area contributed by atoms with E-state index in [1.165, 1.54) is 0 Å². The summed E-state index contributed by atoms with van der Waals surface area (Å²) in [5.74, 6) is -1.23. The molecule has 1 amide bonds. The third kappa shape index (κ3) is 3.06. The van der Waals surface area contributed by atoms with Crippen LogP contribution in [0.15, 0.2) is 10.6 Å². The standard InChI is InChI=1S/C7H14N2O3S/c1-4(2)5(8)6(7(9)10)13(3,11)12/h4H,8H2,1-3H3,(H2,9,10)/b6-5+. The average Bonchev–Trinajstić information content (AvgIpc) is 1.82. The molecule has 0 heterocycles. The molecule has 0 rings (SSSR count). The van der Waals surface area contributed by atoms with Gasteiger partial charge in [0.1, 0.15) is 4.91 Å². The predicted molar refractivity (Wildman–Crippen MR) is 50.1 cm³/mol. The summed E-state index contributed by atoms with van der Waals surface area (Å²) in [6.07, 6.45) is 0.905. The molecule has 0 atom stereocenters. The number of carbonyl (C=O) groups is 1. The minimum absolute atomic E-state index is 0.00926. The number of nitrogens with two attached hydrogens (primary N) is 2. The SMILES string of the molecule is CC(C)/C(N)=C(/C(N)=O)S(C)(=O)=O. The Morgan fingerprint density at radius 2 is 1.62 bits per heavy atom. The van der Waals surface area contributed by atoms with Gasteiger partial charge in [0.2, 0.25) is 0 Å². The molecule has 0 saturated carbocycles. The molecule has 13 heavy (non-hydrogen) atoms. The maximum absolute atomic E-state index is 11.1. The van der Waals surface area contributed by atoms with Crippen LogP contribution in [-0.4, -0.2) is 20.6 Å². The maximum atomic E-state index is 11.1. The number of allylic oxidation sites excluding steroid dienone is 1. The van der Waals surface area contributed by atoms with E-state index in [-0.39, 0.29) is 11.6 Å². The topological polar surface area (TPSA) is 103 Å². The van der Waals surface area contributed by atoms with Gasteiger partial charge in [0.15, 0.2) is 9.84 Å². The molecule has 0 aliphatic rings. The smallest absolute Gasteiger partial charge is 0.262 e. The lowest BCUT2D eigenvalue weighted by molar-refractivity contribution is -0.114. The molecular formula is C7H14N2O3S. The number of hydrogen-bond donors (Lipinski definition) is 2. The number of hydrogen-bond acceptors (Lipinski definition) is 4. The number of carbonyl (C=O) groups excluding carboxylic acids is 1. The van der Waals surface area contributed by atoms with Crippen molar-refractivity contribution in [3.63, 3.8) is 0 Å². The molecule has 0 spiro atoms. The highest BCUT2D eigenvalue weighted by molar-refractivity contribution is 7.95. The van der Waals surface area contributed by atoms with E-state index in [2.05, 4.69) is 0 Å². The van der Waals surface area contributed by atoms with Crippen LogP contribution in [0.1, 0.15) is 13.8 Å². The van der Waals surface area contributed by atoms with Gasteiger partial charge in [0.25, 0.3) is 5.91 Å². The van der Waals surface area contributed by atoms with Crippen molar-refractivity contribution in [2.24, 2.45) is 17.4 Å². The van der Waals surface area contributed by atoms with Gasteiger partial charge < -0.3 is 11.5 Å². The lowest BCUT2D eigenvalue weighted by Gasteiger charge is -2.09. The first-order chi connectivity index (χ1) is 5.68. The fourth-order valence-corrected chi connectivity index (χ4v) is 1.83. The Morgan fingerprint density at radius 1 is 1.23 bits per heavy atom. The number of sulfone groups is 1. The third-order valence-electron chi connectivity index (χ3n) is 1.48. The highest BCUT2D eigenvalue weighted by Gasteiger charge is 2.22. The third-order valence-corrected chi connectivity index (χ3v) is 2.66. The van der Waals surface area contributed by atoms with Crippen LogP contribution in [0, 0.1) is 5.92 Å². The first-order valence-electron chi connectivity index (χ1n) is 3.67. The van der Waals surface area contributed by atoms with Gasteiger partial charge in [-0.1, -0.05) is 13.8 Å². The van der Waals surface area contributed by atoms with Crippen LogP contribution in [0.3, 0.4) is 0 Å². The number of primary amides is 1. The zero-order valence-corrected chi connectivity index (χ0v) is 8.68. The van der Waals surface area contributed by atoms with Crippen molar-refractivity contribution in [1.82, 2.24) is 0 Å². The average molecular weight is 206 g/mol. The largest absolute Gasteiger partial charge is 0.401 e. The van der Waals surface area contributed by atoms with Crippen molar-refractivity contribution in [2.45, 2.75) is 13.8 Å². The second kappa shape index (κ2) is 3.78. The Labute approximate surface area is 77.7 Å². The van der Waals surface area contributed by atoms with E-state index in [0.717, 1.165) is 6.26 Å². The van der Waals surface area contributed by atoms with Crippen LogP contribution in [0.25, 0.3) is 0 Å². The lowest BCUT2D eigenvalue weighted by atomic mass is 10.1. The molecule has 4 N–H and O–H groups in total. The quantitative estimate of drug-likeness (QED) is 0.598. The van der Waals surface area contributed by atoms with Crippen molar-refractivity contribution in [1.29, 1.82) is 0 Å². The van der Waals surface area contributed by atoms with E-state index in [9.17, 15) is 13.2 Å². The highest BCUT2D eigenvalue weighted by atomic mass is 32.2. The summed E-state index contributed by atoms with van der Waals surface area (Å²) in [5.41, 5.74) is 10.4. The molecule has 0 fully saturated rings. The summed E-state index contributed by atoms with van der Waals surface area (Å²) >= 11 is 0. The summed E-state index contributed by atoms with van der Waals surface area (Å²) in [7, 11) is -3.63. The first-order valence-corrected chi connectivity index (χ1v) is 5.56. The lowest BCUT2D eigenvalue weighted by Crippen LogP contribution is -2.26. The van der Waals surface area contributed by atoms with Gasteiger partial charge >= 0.3 is 0 Å². The van der Waals surface area contributed by atoms with Crippen molar-refractivity contribution < 1.29 is 13.2 Å². The summed E-state index contributed by atoms with van der Waals surface area (Å²) in [4.78, 5) is 10.3. The van der Waals surface area contributed by atoms with Crippen LogP contribution in [0.4, 0.5) is 0 Å². The molecule has 0 unspecified atom stereocenters. The van der Waals surface area contributed by atoms with Crippen molar-refractivity contribution in [3.05, 3.63) is 10.6 Å². The van der Waals surface area contributed by atoms with E-state index in [0.29, 0.717) is 0 Å². The van der Waals surface area contributed by atoms with Gasteiger partial charge in [-0.15, -0.1) is 0 Å². The van der Waals surface area contributed by atoms with Crippen LogP contribution in [0.2, 0.25) is 0 Å². The molecule has 0 aromatic carbocycles. The highest BCUT2D eigenvalue weighted by Crippen LogP contribution is 2.13. The summed E-state index contributed by atoms with van der Waals surface area (Å²) in [6.45, 7) is 3.37. The molecule has 0 aromatic rings. The molecular weight excluding hydrogens is 192 g/mol. The molecule has 0 aromatic heterocycles. The minimum atomic E-state index is -3.63. The normalized spacial score (nSPS) is 14.2. The molecule has 5 nitrogen and oxygen atoms in total. The Morgan fingerprint density at radius 3 is 1.69 bits per heavy atom. The van der Waals surface area contributed by atoms with E-state index in [1.54, 1.807) is 13.8 Å². The Bertz CT molecular complexity index is 341. The second-order valence-corrected chi connectivity index (χ2v) is 5.03. The molecule has 0 aliphatic carbocycles. The number of rotatable bonds is 3. The fraction of sp³-hybridized carbons (Fsp3) is 0.571. The summed E-state index contributed by atoms with van der Waals surface area (Å²) in [5, 5.41) is 0. The minimum Gasteiger partial charge on any atom is -0.401 e. The van der Waals surface area contributed by atoms with Gasteiger partial charge in [-0.25, -0.2) is 8.42 Å². The van der Waals surface area contributed by atoms with Gasteiger partial charge in [-0.3, -0.25) is 4.79 Å². The van der Waals surface area contributed by atoms with Crippen molar-refractivity contribution >= 4 is 15.7 Å². The van der Waals surface area contributed by atoms with E-state index >= 15 is 0 Å². The molecule has 76 valence electrons. The van der Waals surface area contributed by atoms with Crippen LogP contribution in [-0.2, 0) is 14.6 Å². The van der Waals surface area contributed by atoms with Gasteiger partial charge in [-0.2, -0.15) is 0 Å². The van der Waals surface area contributed by atoms with Gasteiger partial charge in [-0.05, 0) is 5.92 Å². The van der Waals surface area contributed by atoms with Gasteiger partial charge in [0.05, 0.1) is 0 Å². The van der Waals surface area contributed by atoms with E-state index in [1.807, 2.05) is 0 Å². The zero-order chi connectivity index (χ0) is 10.8. The zero-order valence-electron chi connectivity index (χ0n) is 7.87. The monoisotopic (exact) mass is 206 g/mol. The predicted octanol–water partition coefficient (Wildman–Crippen LogP) is -0.657. The maximum Gasteiger partial charge on any atom is 0.262 e. The molecule has 0 bridgehead atoms. The van der Waals surface area contributed by atoms with Crippen LogP contribution in [0.5, 0.6) is 0 Å². The van der Waals surface area contributed by atoms with Crippen molar-refractivity contribution in [3.8, 4) is 0 Å². The second-order valence-electron chi connectivity index (χ2n) is 3.08. The van der Waals surface area contributed by atoms with Gasteiger partial charge in [0, 0.05) is 12.0 Å². The van der Waals surface area contributed by atoms with Crippen molar-refractivity contribution in [2.75, 3.05) is 6.26 Å². The van der Waals surface area contributed by atoms with E-state index in [4.69, 9.17) is 11.5 Å². The number of amides is 1. The fourth-order valence-electron chi connectivity index (χ4n) is 0.801. The van der Waals surface area contributed by atoms with Crippen LogP contribution >= 0.6 is 0 Å². The molecule has 0 radical (unpaired) electrons. The molecule has 6 heteroatoms. The Balaban J connectivity index is 5.55. The molecule has 0 saturated heterocycles. The summed E-state index contributed by atoms with van der Waals surface area (Å²) in [6, 6.07) is 0. The van der Waals surface area contributed by atoms with E-state index < -0.39 is 20.6 Å².